The number of carboxylic acids is 1. The van der Waals surface area contributed by atoms with Crippen molar-refractivity contribution in [3.8, 4) is 27.6 Å². The van der Waals surface area contributed by atoms with E-state index in [0.717, 1.165) is 11.3 Å². The molecule has 0 saturated carbocycles. The third-order valence-corrected chi connectivity index (χ3v) is 4.76. The Labute approximate surface area is 146 Å². The van der Waals surface area contributed by atoms with Crippen LogP contribution in [0, 0.1) is 17.1 Å². The lowest BCUT2D eigenvalue weighted by Crippen LogP contribution is -1.89. The molecule has 1 heterocycles. The van der Waals surface area contributed by atoms with Crippen LogP contribution >= 0.6 is 22.9 Å². The summed E-state index contributed by atoms with van der Waals surface area (Å²) in [6.45, 7) is 0. The molecule has 0 aliphatic carbocycles. The molecule has 2 aromatic carbocycles. The van der Waals surface area contributed by atoms with Gasteiger partial charge in [-0.05, 0) is 47.5 Å². The zero-order valence-corrected chi connectivity index (χ0v) is 13.7. The molecule has 0 aliphatic heterocycles. The first kappa shape index (κ1) is 16.2. The van der Waals surface area contributed by atoms with E-state index in [1.807, 2.05) is 0 Å². The van der Waals surface area contributed by atoms with Crippen molar-refractivity contribution in [1.82, 2.24) is 0 Å². The van der Waals surface area contributed by atoms with Gasteiger partial charge in [0.05, 0.1) is 11.6 Å². The number of benzene rings is 2. The molecule has 0 atom stereocenters. The van der Waals surface area contributed by atoms with Gasteiger partial charge in [0.15, 0.2) is 0 Å². The molecular formula is C18H9ClFNO2S. The predicted molar refractivity (Wildman–Crippen MR) is 91.8 cm³/mol. The van der Waals surface area contributed by atoms with Crippen molar-refractivity contribution in [2.45, 2.75) is 0 Å². The second-order valence-electron chi connectivity index (χ2n) is 5.01. The minimum absolute atomic E-state index is 0.128. The number of hydrogen-bond acceptors (Lipinski definition) is 3. The quantitative estimate of drug-likeness (QED) is 0.678. The number of nitrogens with zero attached hydrogens (tertiary/aromatic N) is 1. The first-order valence-electron chi connectivity index (χ1n) is 6.82. The highest BCUT2D eigenvalue weighted by atomic mass is 35.5. The molecule has 0 unspecified atom stereocenters. The standard InChI is InChI=1S/C18H9ClFNO2S/c19-13-5-12(6-14(20)7-13)17-15(8-16(24-17)18(22)23)11-3-1-2-10(4-11)9-21/h1-8H,(H,22,23). The van der Waals surface area contributed by atoms with E-state index in [-0.39, 0.29) is 9.90 Å². The monoisotopic (exact) mass is 357 g/mol. The fraction of sp³-hybridized carbons (Fsp3) is 0. The molecule has 3 nitrogen and oxygen atoms in total. The Morgan fingerprint density at radius 1 is 1.17 bits per heavy atom. The lowest BCUT2D eigenvalue weighted by molar-refractivity contribution is 0.0702. The van der Waals surface area contributed by atoms with Crippen LogP contribution in [0.1, 0.15) is 15.2 Å². The summed E-state index contributed by atoms with van der Waals surface area (Å²) in [6, 6.07) is 14.5. The van der Waals surface area contributed by atoms with Gasteiger partial charge in [0.25, 0.3) is 0 Å². The van der Waals surface area contributed by atoms with Crippen LogP contribution in [0.5, 0.6) is 0 Å². The van der Waals surface area contributed by atoms with E-state index in [9.17, 15) is 14.3 Å². The summed E-state index contributed by atoms with van der Waals surface area (Å²) in [7, 11) is 0. The van der Waals surface area contributed by atoms with Crippen LogP contribution in [0.3, 0.4) is 0 Å². The number of halogens is 2. The number of rotatable bonds is 3. The van der Waals surface area contributed by atoms with Crippen LogP contribution in [0.25, 0.3) is 21.6 Å². The number of nitriles is 1. The number of aromatic carboxylic acids is 1. The van der Waals surface area contributed by atoms with E-state index in [2.05, 4.69) is 6.07 Å². The minimum Gasteiger partial charge on any atom is -0.477 e. The van der Waals surface area contributed by atoms with Crippen LogP contribution in [-0.2, 0) is 0 Å². The molecule has 0 fully saturated rings. The van der Waals surface area contributed by atoms with Crippen LogP contribution < -0.4 is 0 Å². The van der Waals surface area contributed by atoms with Crippen LogP contribution in [-0.4, -0.2) is 11.1 Å². The van der Waals surface area contributed by atoms with E-state index in [1.54, 1.807) is 30.3 Å². The summed E-state index contributed by atoms with van der Waals surface area (Å²) in [6.07, 6.45) is 0. The smallest absolute Gasteiger partial charge is 0.345 e. The van der Waals surface area contributed by atoms with Gasteiger partial charge in [0.1, 0.15) is 10.7 Å². The summed E-state index contributed by atoms with van der Waals surface area (Å²) >= 11 is 6.96. The van der Waals surface area contributed by atoms with Crippen molar-refractivity contribution in [1.29, 1.82) is 5.26 Å². The summed E-state index contributed by atoms with van der Waals surface area (Å²) in [5, 5.41) is 18.6. The van der Waals surface area contributed by atoms with E-state index in [4.69, 9.17) is 16.9 Å². The molecule has 0 spiro atoms. The molecule has 24 heavy (non-hydrogen) atoms. The second-order valence-corrected chi connectivity index (χ2v) is 6.50. The van der Waals surface area contributed by atoms with Gasteiger partial charge in [-0.25, -0.2) is 9.18 Å². The molecule has 3 aromatic rings. The lowest BCUT2D eigenvalue weighted by atomic mass is 10.0. The Bertz CT molecular complexity index is 971. The van der Waals surface area contributed by atoms with Crippen molar-refractivity contribution in [3.05, 3.63) is 69.8 Å². The summed E-state index contributed by atoms with van der Waals surface area (Å²) < 4.78 is 13.7. The Morgan fingerprint density at radius 2 is 1.96 bits per heavy atom. The minimum atomic E-state index is -1.06. The number of hydrogen-bond donors (Lipinski definition) is 1. The third-order valence-electron chi connectivity index (χ3n) is 3.37. The topological polar surface area (TPSA) is 61.1 Å². The first-order valence-corrected chi connectivity index (χ1v) is 8.01. The Kier molecular flexibility index (Phi) is 4.34. The first-order chi connectivity index (χ1) is 11.5. The molecule has 0 saturated heterocycles. The van der Waals surface area contributed by atoms with Crippen LogP contribution in [0.4, 0.5) is 4.39 Å². The van der Waals surface area contributed by atoms with Crippen LogP contribution in [0.15, 0.2) is 48.5 Å². The van der Waals surface area contributed by atoms with Gasteiger partial charge in [-0.1, -0.05) is 23.7 Å². The fourth-order valence-electron chi connectivity index (χ4n) is 2.37. The SMILES string of the molecule is N#Cc1cccc(-c2cc(C(=O)O)sc2-c2cc(F)cc(Cl)c2)c1. The summed E-state index contributed by atoms with van der Waals surface area (Å²) in [5.41, 5.74) is 2.26. The number of carbonyl (C=O) groups is 1. The largest absolute Gasteiger partial charge is 0.477 e. The lowest BCUT2D eigenvalue weighted by Gasteiger charge is -2.06. The van der Waals surface area contributed by atoms with Gasteiger partial charge >= 0.3 is 5.97 Å². The maximum atomic E-state index is 13.7. The van der Waals surface area contributed by atoms with Gasteiger partial charge in [0, 0.05) is 15.5 Å². The predicted octanol–water partition coefficient (Wildman–Crippen LogP) is 5.44. The van der Waals surface area contributed by atoms with Gasteiger partial charge in [-0.15, -0.1) is 11.3 Å². The molecule has 0 radical (unpaired) electrons. The van der Waals surface area contributed by atoms with E-state index < -0.39 is 11.8 Å². The fourth-order valence-corrected chi connectivity index (χ4v) is 3.59. The Balaban J connectivity index is 2.25. The Morgan fingerprint density at radius 3 is 2.62 bits per heavy atom. The molecule has 6 heteroatoms. The normalized spacial score (nSPS) is 10.4. The Hall–Kier alpha value is -2.68. The average Bonchev–Trinajstić information content (AvgIpc) is 2.99. The molecular weight excluding hydrogens is 349 g/mol. The van der Waals surface area contributed by atoms with Crippen molar-refractivity contribution in [3.63, 3.8) is 0 Å². The molecule has 3 rings (SSSR count). The molecule has 0 bridgehead atoms. The number of carboxylic acid groups (broad SMARTS) is 1. The highest BCUT2D eigenvalue weighted by Crippen LogP contribution is 2.40. The number of thiophene rings is 1. The van der Waals surface area contributed by atoms with Crippen molar-refractivity contribution in [2.24, 2.45) is 0 Å². The van der Waals surface area contributed by atoms with Crippen molar-refractivity contribution >= 4 is 28.9 Å². The van der Waals surface area contributed by atoms with Crippen molar-refractivity contribution < 1.29 is 14.3 Å². The maximum Gasteiger partial charge on any atom is 0.345 e. The van der Waals surface area contributed by atoms with Crippen LogP contribution in [0.2, 0.25) is 5.02 Å². The molecule has 1 N–H and O–H groups in total. The van der Waals surface area contributed by atoms with E-state index in [0.29, 0.717) is 27.1 Å². The van der Waals surface area contributed by atoms with Gasteiger partial charge in [-0.3, -0.25) is 0 Å². The summed E-state index contributed by atoms with van der Waals surface area (Å²) in [5.74, 6) is -1.56. The van der Waals surface area contributed by atoms with E-state index >= 15 is 0 Å². The third kappa shape index (κ3) is 3.16. The molecule has 0 aliphatic rings. The highest BCUT2D eigenvalue weighted by Gasteiger charge is 2.18. The molecule has 1 aromatic heterocycles. The highest BCUT2D eigenvalue weighted by molar-refractivity contribution is 7.18. The average molecular weight is 358 g/mol. The van der Waals surface area contributed by atoms with Gasteiger partial charge < -0.3 is 5.11 Å². The zero-order valence-electron chi connectivity index (χ0n) is 12.1. The molecule has 118 valence electrons. The van der Waals surface area contributed by atoms with Gasteiger partial charge in [-0.2, -0.15) is 5.26 Å². The maximum absolute atomic E-state index is 13.7. The molecule has 0 amide bonds. The van der Waals surface area contributed by atoms with Gasteiger partial charge in [0.2, 0.25) is 0 Å². The summed E-state index contributed by atoms with van der Waals surface area (Å²) in [4.78, 5) is 12.1. The van der Waals surface area contributed by atoms with E-state index in [1.165, 1.54) is 18.2 Å². The zero-order chi connectivity index (χ0) is 17.3. The second kappa shape index (κ2) is 6.44. The van der Waals surface area contributed by atoms with Crippen molar-refractivity contribution in [2.75, 3.05) is 0 Å².